The number of methoxy groups -OCH3 is 1. The minimum Gasteiger partial charge on any atom is -0.465 e. The number of carbonyl (C=O) groups excluding carboxylic acids is 1. The van der Waals surface area contributed by atoms with Crippen molar-refractivity contribution in [2.45, 2.75) is 19.8 Å². The van der Waals surface area contributed by atoms with Crippen LogP contribution in [0.15, 0.2) is 60.7 Å². The molecule has 0 spiro atoms. The minimum absolute atomic E-state index is 0.361. The van der Waals surface area contributed by atoms with Crippen LogP contribution in [-0.4, -0.2) is 29.6 Å². The number of hydrogen-bond acceptors (Lipinski definition) is 6. The molecule has 28 heavy (non-hydrogen) atoms. The molecule has 6 heteroatoms. The molecule has 6 nitrogen and oxygen atoms in total. The van der Waals surface area contributed by atoms with Crippen LogP contribution in [0.5, 0.6) is 0 Å². The van der Waals surface area contributed by atoms with Crippen molar-refractivity contribution >= 4 is 23.4 Å². The van der Waals surface area contributed by atoms with Crippen LogP contribution >= 0.6 is 0 Å². The summed E-state index contributed by atoms with van der Waals surface area (Å²) in [5.41, 5.74) is 3.50. The third-order valence-electron chi connectivity index (χ3n) is 4.21. The molecule has 0 amide bonds. The highest BCUT2D eigenvalue weighted by atomic mass is 16.5. The highest BCUT2D eigenvalue weighted by Crippen LogP contribution is 2.17. The number of nitrogens with zero attached hydrogens (tertiary/aromatic N) is 2. The van der Waals surface area contributed by atoms with Gasteiger partial charge in [-0.15, -0.1) is 0 Å². The Morgan fingerprint density at radius 1 is 1.04 bits per heavy atom. The van der Waals surface area contributed by atoms with Gasteiger partial charge in [-0.3, -0.25) is 0 Å². The van der Waals surface area contributed by atoms with E-state index in [9.17, 15) is 4.79 Å². The summed E-state index contributed by atoms with van der Waals surface area (Å²) in [5, 5.41) is 6.53. The van der Waals surface area contributed by atoms with Crippen LogP contribution in [-0.2, 0) is 11.2 Å². The second kappa shape index (κ2) is 9.50. The number of aryl methyl sites for hydroxylation is 2. The molecule has 0 saturated carbocycles. The van der Waals surface area contributed by atoms with Crippen molar-refractivity contribution in [2.75, 3.05) is 24.3 Å². The fourth-order valence-corrected chi connectivity index (χ4v) is 2.81. The molecule has 0 aliphatic carbocycles. The van der Waals surface area contributed by atoms with Crippen molar-refractivity contribution in [2.24, 2.45) is 0 Å². The maximum absolute atomic E-state index is 11.5. The number of carbonyl (C=O) groups is 1. The van der Waals surface area contributed by atoms with Gasteiger partial charge in [0, 0.05) is 24.0 Å². The normalized spacial score (nSPS) is 10.4. The van der Waals surface area contributed by atoms with Gasteiger partial charge >= 0.3 is 5.97 Å². The summed E-state index contributed by atoms with van der Waals surface area (Å²) >= 11 is 0. The highest BCUT2D eigenvalue weighted by molar-refractivity contribution is 5.89. The third kappa shape index (κ3) is 5.54. The zero-order valence-corrected chi connectivity index (χ0v) is 16.1. The van der Waals surface area contributed by atoms with E-state index in [0.717, 1.165) is 36.6 Å². The first-order valence-electron chi connectivity index (χ1n) is 9.23. The van der Waals surface area contributed by atoms with Crippen molar-refractivity contribution in [1.82, 2.24) is 9.97 Å². The number of benzene rings is 2. The molecule has 0 fully saturated rings. The number of esters is 1. The maximum atomic E-state index is 11.5. The van der Waals surface area contributed by atoms with Crippen LogP contribution in [0.1, 0.15) is 28.0 Å². The topological polar surface area (TPSA) is 76.1 Å². The molecule has 0 aliphatic rings. The molecular formula is C22H24N4O2. The molecule has 2 aromatic carbocycles. The van der Waals surface area contributed by atoms with E-state index in [1.54, 1.807) is 24.3 Å². The lowest BCUT2D eigenvalue weighted by Gasteiger charge is -2.10. The van der Waals surface area contributed by atoms with Gasteiger partial charge in [-0.05, 0) is 49.6 Å². The SMILES string of the molecule is COC(=O)c1ccc(Nc2nc(C)cc(NCCCc3ccccc3)n2)cc1. The maximum Gasteiger partial charge on any atom is 0.337 e. The first-order valence-corrected chi connectivity index (χ1v) is 9.23. The third-order valence-corrected chi connectivity index (χ3v) is 4.21. The molecule has 0 aliphatic heterocycles. The smallest absolute Gasteiger partial charge is 0.337 e. The predicted molar refractivity (Wildman–Crippen MR) is 111 cm³/mol. The van der Waals surface area contributed by atoms with Gasteiger partial charge in [-0.2, -0.15) is 4.98 Å². The second-order valence-electron chi connectivity index (χ2n) is 6.43. The Kier molecular flexibility index (Phi) is 6.57. The van der Waals surface area contributed by atoms with Crippen LogP contribution in [0, 0.1) is 6.92 Å². The summed E-state index contributed by atoms with van der Waals surface area (Å²) in [5.74, 6) is 0.936. The monoisotopic (exact) mass is 376 g/mol. The van der Waals surface area contributed by atoms with Gasteiger partial charge < -0.3 is 15.4 Å². The van der Waals surface area contributed by atoms with E-state index in [1.165, 1.54) is 12.7 Å². The number of aromatic nitrogens is 2. The van der Waals surface area contributed by atoms with Crippen LogP contribution in [0.2, 0.25) is 0 Å². The van der Waals surface area contributed by atoms with Gasteiger partial charge in [0.25, 0.3) is 0 Å². The largest absolute Gasteiger partial charge is 0.465 e. The van der Waals surface area contributed by atoms with Crippen LogP contribution in [0.3, 0.4) is 0 Å². The molecule has 1 heterocycles. The lowest BCUT2D eigenvalue weighted by molar-refractivity contribution is 0.0601. The Balaban J connectivity index is 1.57. The van der Waals surface area contributed by atoms with E-state index >= 15 is 0 Å². The van der Waals surface area contributed by atoms with Gasteiger partial charge in [0.05, 0.1) is 12.7 Å². The lowest BCUT2D eigenvalue weighted by atomic mass is 10.1. The van der Waals surface area contributed by atoms with Gasteiger partial charge in [-0.1, -0.05) is 30.3 Å². The molecule has 3 rings (SSSR count). The van der Waals surface area contributed by atoms with Crippen LogP contribution in [0.4, 0.5) is 17.5 Å². The van der Waals surface area contributed by atoms with Gasteiger partial charge in [0.15, 0.2) is 0 Å². The minimum atomic E-state index is -0.361. The van der Waals surface area contributed by atoms with E-state index in [0.29, 0.717) is 11.5 Å². The molecule has 0 atom stereocenters. The number of hydrogen-bond donors (Lipinski definition) is 2. The van der Waals surface area contributed by atoms with Crippen LogP contribution < -0.4 is 10.6 Å². The fourth-order valence-electron chi connectivity index (χ4n) is 2.81. The van der Waals surface area contributed by atoms with E-state index in [4.69, 9.17) is 4.74 Å². The summed E-state index contributed by atoms with van der Waals surface area (Å²) in [4.78, 5) is 20.5. The van der Waals surface area contributed by atoms with E-state index in [1.807, 2.05) is 19.1 Å². The molecule has 0 unspecified atom stereocenters. The van der Waals surface area contributed by atoms with E-state index in [-0.39, 0.29) is 5.97 Å². The molecular weight excluding hydrogens is 352 g/mol. The summed E-state index contributed by atoms with van der Waals surface area (Å²) in [7, 11) is 1.36. The van der Waals surface area contributed by atoms with E-state index in [2.05, 4.69) is 44.9 Å². The van der Waals surface area contributed by atoms with Crippen molar-refractivity contribution in [3.8, 4) is 0 Å². The molecule has 0 radical (unpaired) electrons. The Morgan fingerprint density at radius 3 is 2.50 bits per heavy atom. The summed E-state index contributed by atoms with van der Waals surface area (Å²) in [6.07, 6.45) is 2.04. The predicted octanol–water partition coefficient (Wildman–Crippen LogP) is 4.36. The number of rotatable bonds is 8. The van der Waals surface area contributed by atoms with Crippen LogP contribution in [0.25, 0.3) is 0 Å². The van der Waals surface area contributed by atoms with Gasteiger partial charge in [-0.25, -0.2) is 9.78 Å². The Bertz CT molecular complexity index is 912. The molecule has 3 aromatic rings. The molecule has 144 valence electrons. The fraction of sp³-hybridized carbons (Fsp3) is 0.227. The summed E-state index contributed by atoms with van der Waals surface area (Å²) < 4.78 is 4.71. The number of anilines is 3. The second-order valence-corrected chi connectivity index (χ2v) is 6.43. The Hall–Kier alpha value is -3.41. The molecule has 2 N–H and O–H groups in total. The first kappa shape index (κ1) is 19.4. The van der Waals surface area contributed by atoms with Gasteiger partial charge in [0.2, 0.25) is 5.95 Å². The summed E-state index contributed by atoms with van der Waals surface area (Å²) in [6.45, 7) is 2.76. The average molecular weight is 376 g/mol. The Labute approximate surface area is 165 Å². The van der Waals surface area contributed by atoms with Crippen molar-refractivity contribution in [3.05, 3.63) is 77.5 Å². The van der Waals surface area contributed by atoms with Crippen molar-refractivity contribution in [1.29, 1.82) is 0 Å². The average Bonchev–Trinajstić information content (AvgIpc) is 2.71. The summed E-state index contributed by atoms with van der Waals surface area (Å²) in [6, 6.07) is 19.4. The molecule has 0 saturated heterocycles. The van der Waals surface area contributed by atoms with E-state index < -0.39 is 0 Å². The zero-order chi connectivity index (χ0) is 19.8. The lowest BCUT2D eigenvalue weighted by Crippen LogP contribution is -2.07. The van der Waals surface area contributed by atoms with Crippen molar-refractivity contribution < 1.29 is 9.53 Å². The number of nitrogens with one attached hydrogen (secondary N) is 2. The Morgan fingerprint density at radius 2 is 1.79 bits per heavy atom. The highest BCUT2D eigenvalue weighted by Gasteiger charge is 2.06. The molecule has 0 bridgehead atoms. The standard InChI is InChI=1S/C22H24N4O2/c1-16-15-20(23-14-6-9-17-7-4-3-5-8-17)26-22(24-16)25-19-12-10-18(11-13-19)21(27)28-2/h3-5,7-8,10-13,15H,6,9,14H2,1-2H3,(H2,23,24,25,26). The first-order chi connectivity index (χ1) is 13.6. The zero-order valence-electron chi connectivity index (χ0n) is 16.1. The van der Waals surface area contributed by atoms with Crippen molar-refractivity contribution in [3.63, 3.8) is 0 Å². The van der Waals surface area contributed by atoms with Gasteiger partial charge in [0.1, 0.15) is 5.82 Å². The number of ether oxygens (including phenoxy) is 1. The quantitative estimate of drug-likeness (QED) is 0.449. The molecule has 1 aromatic heterocycles.